The molecule has 1 fully saturated rings. The number of phenolic OH excluding ortho intramolecular Hbond substituents is 1. The van der Waals surface area contributed by atoms with Crippen molar-refractivity contribution in [3.05, 3.63) is 59.4 Å². The fourth-order valence-corrected chi connectivity index (χ4v) is 4.20. The monoisotopic (exact) mass is 449 g/mol. The summed E-state index contributed by atoms with van der Waals surface area (Å²) in [7, 11) is 3.78. The van der Waals surface area contributed by atoms with E-state index in [9.17, 15) is 23.1 Å². The topological polar surface area (TPSA) is 65.5 Å². The molecule has 0 saturated heterocycles. The molecular weight excluding hydrogens is 419 g/mol. The average Bonchev–Trinajstić information content (AvgIpc) is 3.52. The molecule has 8 heteroatoms. The Morgan fingerprint density at radius 2 is 1.88 bits per heavy atom. The number of pyridine rings is 1. The van der Waals surface area contributed by atoms with E-state index in [4.69, 9.17) is 0 Å². The Hall–Kier alpha value is -2.61. The number of amides is 1. The Morgan fingerprint density at radius 1 is 1.22 bits per heavy atom. The van der Waals surface area contributed by atoms with Crippen molar-refractivity contribution >= 4 is 5.91 Å². The molecule has 2 atom stereocenters. The molecule has 1 heterocycles. The third kappa shape index (κ3) is 5.59. The van der Waals surface area contributed by atoms with E-state index in [0.717, 1.165) is 11.1 Å². The van der Waals surface area contributed by atoms with Gasteiger partial charge in [-0.15, -0.1) is 0 Å². The highest BCUT2D eigenvalue weighted by atomic mass is 19.4. The van der Waals surface area contributed by atoms with Gasteiger partial charge in [0.1, 0.15) is 5.75 Å². The van der Waals surface area contributed by atoms with Gasteiger partial charge in [-0.1, -0.05) is 18.2 Å². The van der Waals surface area contributed by atoms with Crippen LogP contribution in [-0.2, 0) is 11.2 Å². The Kier molecular flexibility index (Phi) is 7.12. The van der Waals surface area contributed by atoms with Gasteiger partial charge in [-0.25, -0.2) is 0 Å². The van der Waals surface area contributed by atoms with Gasteiger partial charge >= 0.3 is 6.18 Å². The van der Waals surface area contributed by atoms with Gasteiger partial charge < -0.3 is 15.3 Å². The normalized spacial score (nSPS) is 17.1. The summed E-state index contributed by atoms with van der Waals surface area (Å²) in [5.41, 5.74) is 0.372. The molecule has 0 unspecified atom stereocenters. The maximum Gasteiger partial charge on any atom is 0.395 e. The van der Waals surface area contributed by atoms with Gasteiger partial charge in [0.15, 0.2) is 0 Å². The number of nitrogens with zero attached hydrogens (tertiary/aromatic N) is 2. The Morgan fingerprint density at radius 3 is 2.41 bits per heavy atom. The van der Waals surface area contributed by atoms with E-state index in [1.165, 1.54) is 6.20 Å². The maximum atomic E-state index is 13.9. The number of likely N-dealkylation sites (N-methyl/N-ethyl adjacent to an activating group) is 1. The number of carbonyl (C=O) groups excluding carboxylic acids is 1. The molecule has 1 aromatic carbocycles. The standard InChI is InChI=1S/C24H30F3N3O2/c1-16-10-18(14-28-13-16)21(23(8-9-23)24(25,26)27)12-22(32)29-15-19(30(2)3)11-17-4-6-20(31)7-5-17/h4-7,10,13-14,19,21,31H,8-9,11-12,15H2,1-3H3,(H,29,32)/t19-,21-/m0/s1. The van der Waals surface area contributed by atoms with Crippen molar-refractivity contribution in [3.63, 3.8) is 0 Å². The third-order valence-corrected chi connectivity index (χ3v) is 6.38. The van der Waals surface area contributed by atoms with Gasteiger partial charge in [-0.05, 0) is 69.1 Å². The van der Waals surface area contributed by atoms with Gasteiger partial charge in [-0.2, -0.15) is 13.2 Å². The van der Waals surface area contributed by atoms with Gasteiger partial charge in [0.05, 0.1) is 5.41 Å². The molecule has 2 aromatic rings. The lowest BCUT2D eigenvalue weighted by molar-refractivity contribution is -0.194. The molecule has 1 saturated carbocycles. The second-order valence-corrected chi connectivity index (χ2v) is 9.00. The number of carbonyl (C=O) groups is 1. The summed E-state index contributed by atoms with van der Waals surface area (Å²) in [5.74, 6) is -1.17. The summed E-state index contributed by atoms with van der Waals surface area (Å²) in [6.45, 7) is 2.09. The van der Waals surface area contributed by atoms with E-state index in [1.807, 2.05) is 31.1 Å². The summed E-state index contributed by atoms with van der Waals surface area (Å²) in [5, 5.41) is 12.3. The number of halogens is 3. The lowest BCUT2D eigenvalue weighted by atomic mass is 9.80. The molecule has 0 aliphatic heterocycles. The van der Waals surface area contributed by atoms with Crippen LogP contribution in [0.25, 0.3) is 0 Å². The fourth-order valence-electron chi connectivity index (χ4n) is 4.20. The SMILES string of the molecule is Cc1cncc([C@H](CC(=O)NC[C@H](Cc2ccc(O)cc2)N(C)C)C2(C(F)(F)F)CC2)c1. The molecule has 0 radical (unpaired) electrons. The highest BCUT2D eigenvalue weighted by Crippen LogP contribution is 2.66. The molecule has 1 aliphatic rings. The molecule has 1 aliphatic carbocycles. The van der Waals surface area contributed by atoms with Gasteiger partial charge in [-0.3, -0.25) is 9.78 Å². The predicted octanol–water partition coefficient (Wildman–Crippen LogP) is 4.20. The van der Waals surface area contributed by atoms with Crippen molar-refractivity contribution < 1.29 is 23.1 Å². The van der Waals surface area contributed by atoms with Crippen LogP contribution in [0.5, 0.6) is 5.75 Å². The first kappa shape index (κ1) is 24.0. The summed E-state index contributed by atoms with van der Waals surface area (Å²) in [6.07, 6.45) is -0.863. The van der Waals surface area contributed by atoms with Crippen LogP contribution < -0.4 is 5.32 Å². The highest BCUT2D eigenvalue weighted by Gasteiger charge is 2.67. The van der Waals surface area contributed by atoms with E-state index in [-0.39, 0.29) is 31.1 Å². The zero-order chi connectivity index (χ0) is 23.5. The molecule has 1 amide bonds. The summed E-state index contributed by atoms with van der Waals surface area (Å²) in [4.78, 5) is 18.8. The second kappa shape index (κ2) is 9.48. The van der Waals surface area contributed by atoms with E-state index in [2.05, 4.69) is 10.3 Å². The van der Waals surface area contributed by atoms with Crippen LogP contribution >= 0.6 is 0 Å². The quantitative estimate of drug-likeness (QED) is 0.602. The Bertz CT molecular complexity index is 925. The third-order valence-electron chi connectivity index (χ3n) is 6.38. The minimum atomic E-state index is -4.37. The van der Waals surface area contributed by atoms with Crippen molar-refractivity contribution in [2.75, 3.05) is 20.6 Å². The second-order valence-electron chi connectivity index (χ2n) is 9.00. The van der Waals surface area contributed by atoms with Crippen molar-refractivity contribution in [1.29, 1.82) is 0 Å². The molecular formula is C24H30F3N3O2. The number of aryl methyl sites for hydroxylation is 1. The first-order valence-electron chi connectivity index (χ1n) is 10.7. The van der Waals surface area contributed by atoms with Crippen molar-refractivity contribution in [1.82, 2.24) is 15.2 Å². The molecule has 1 aromatic heterocycles. The summed E-state index contributed by atoms with van der Waals surface area (Å²) < 4.78 is 41.7. The van der Waals surface area contributed by atoms with E-state index < -0.39 is 23.4 Å². The van der Waals surface area contributed by atoms with E-state index in [0.29, 0.717) is 18.5 Å². The number of phenols is 1. The number of nitrogens with one attached hydrogen (secondary N) is 1. The highest BCUT2D eigenvalue weighted by molar-refractivity contribution is 5.77. The number of aromatic nitrogens is 1. The van der Waals surface area contributed by atoms with Gasteiger partial charge in [0, 0.05) is 37.3 Å². The molecule has 0 spiro atoms. The summed E-state index contributed by atoms with van der Waals surface area (Å²) >= 11 is 0. The molecule has 0 bridgehead atoms. The zero-order valence-electron chi connectivity index (χ0n) is 18.6. The molecule has 174 valence electrons. The van der Waals surface area contributed by atoms with Crippen LogP contribution in [0.1, 0.15) is 41.9 Å². The Labute approximate surface area is 186 Å². The summed E-state index contributed by atoms with van der Waals surface area (Å²) in [6, 6.07) is 8.49. The van der Waals surface area contributed by atoms with E-state index >= 15 is 0 Å². The van der Waals surface area contributed by atoms with Crippen LogP contribution in [0.3, 0.4) is 0 Å². The van der Waals surface area contributed by atoms with E-state index in [1.54, 1.807) is 31.3 Å². The van der Waals surface area contributed by atoms with Gasteiger partial charge in [0.2, 0.25) is 5.91 Å². The number of aromatic hydroxyl groups is 1. The molecule has 3 rings (SSSR count). The number of rotatable bonds is 9. The molecule has 5 nitrogen and oxygen atoms in total. The lowest BCUT2D eigenvalue weighted by Crippen LogP contribution is -2.42. The minimum absolute atomic E-state index is 0.0313. The predicted molar refractivity (Wildman–Crippen MR) is 116 cm³/mol. The molecule has 2 N–H and O–H groups in total. The fraction of sp³-hybridized carbons (Fsp3) is 0.500. The number of hydrogen-bond acceptors (Lipinski definition) is 4. The van der Waals surface area contributed by atoms with Crippen LogP contribution in [0.2, 0.25) is 0 Å². The van der Waals surface area contributed by atoms with Crippen molar-refractivity contribution in [2.45, 2.75) is 50.7 Å². The first-order valence-corrected chi connectivity index (χ1v) is 10.7. The minimum Gasteiger partial charge on any atom is -0.508 e. The average molecular weight is 450 g/mol. The van der Waals surface area contributed by atoms with Crippen LogP contribution in [-0.4, -0.2) is 53.8 Å². The number of benzene rings is 1. The zero-order valence-corrected chi connectivity index (χ0v) is 18.6. The largest absolute Gasteiger partial charge is 0.508 e. The number of alkyl halides is 3. The van der Waals surface area contributed by atoms with Crippen LogP contribution in [0, 0.1) is 12.3 Å². The van der Waals surface area contributed by atoms with Crippen molar-refractivity contribution in [3.8, 4) is 5.75 Å². The smallest absolute Gasteiger partial charge is 0.395 e. The van der Waals surface area contributed by atoms with Crippen LogP contribution in [0.15, 0.2) is 42.7 Å². The molecule has 32 heavy (non-hydrogen) atoms. The maximum absolute atomic E-state index is 13.9. The van der Waals surface area contributed by atoms with Crippen molar-refractivity contribution in [2.24, 2.45) is 5.41 Å². The van der Waals surface area contributed by atoms with Crippen LogP contribution in [0.4, 0.5) is 13.2 Å². The lowest BCUT2D eigenvalue weighted by Gasteiger charge is -2.30. The first-order chi connectivity index (χ1) is 15.0. The van der Waals surface area contributed by atoms with Gasteiger partial charge in [0.25, 0.3) is 0 Å². The number of hydrogen-bond donors (Lipinski definition) is 2. The Balaban J connectivity index is 1.70.